The maximum Gasteiger partial charge on any atom is 0.0478 e. The Balaban J connectivity index is 2.08. The van der Waals surface area contributed by atoms with E-state index in [0.717, 1.165) is 6.54 Å². The van der Waals surface area contributed by atoms with Crippen LogP contribution in [0.15, 0.2) is 16.8 Å². The molecule has 2 nitrogen and oxygen atoms in total. The van der Waals surface area contributed by atoms with E-state index in [0.29, 0.717) is 6.04 Å². The molecule has 2 rings (SSSR count). The van der Waals surface area contributed by atoms with Crippen LogP contribution in [0.25, 0.3) is 0 Å². The summed E-state index contributed by atoms with van der Waals surface area (Å²) in [7, 11) is 0. The van der Waals surface area contributed by atoms with Crippen LogP contribution in [-0.4, -0.2) is 24.5 Å². The summed E-state index contributed by atoms with van der Waals surface area (Å²) in [5, 5.41) is 4.35. The predicted octanol–water partition coefficient (Wildman–Crippen LogP) is 1.84. The zero-order valence-corrected chi connectivity index (χ0v) is 8.59. The molecule has 0 saturated carbocycles. The molecule has 72 valence electrons. The van der Waals surface area contributed by atoms with E-state index in [-0.39, 0.29) is 0 Å². The van der Waals surface area contributed by atoms with Crippen molar-refractivity contribution in [2.75, 3.05) is 19.6 Å². The average Bonchev–Trinajstić information content (AvgIpc) is 2.76. The smallest absolute Gasteiger partial charge is 0.0478 e. The number of hydrogen-bond donors (Lipinski definition) is 1. The maximum atomic E-state index is 5.81. The monoisotopic (exact) mass is 196 g/mol. The lowest BCUT2D eigenvalue weighted by molar-refractivity contribution is 0.252. The minimum Gasteiger partial charge on any atom is -0.329 e. The summed E-state index contributed by atoms with van der Waals surface area (Å²) >= 11 is 1.76. The largest absolute Gasteiger partial charge is 0.329 e. The molecule has 1 atom stereocenters. The van der Waals surface area contributed by atoms with Crippen LogP contribution < -0.4 is 5.73 Å². The molecule has 2 heterocycles. The van der Waals surface area contributed by atoms with Crippen molar-refractivity contribution in [1.82, 2.24) is 4.90 Å². The second-order valence-electron chi connectivity index (χ2n) is 3.55. The molecule has 2 N–H and O–H groups in total. The third kappa shape index (κ3) is 1.93. The average molecular weight is 196 g/mol. The highest BCUT2D eigenvalue weighted by Gasteiger charge is 2.21. The van der Waals surface area contributed by atoms with Gasteiger partial charge in [-0.05, 0) is 48.3 Å². The highest BCUT2D eigenvalue weighted by Crippen LogP contribution is 2.25. The highest BCUT2D eigenvalue weighted by atomic mass is 32.1. The van der Waals surface area contributed by atoms with Crippen molar-refractivity contribution in [1.29, 1.82) is 0 Å². The van der Waals surface area contributed by atoms with Crippen LogP contribution >= 0.6 is 11.3 Å². The van der Waals surface area contributed by atoms with Gasteiger partial charge in [0.05, 0.1) is 0 Å². The molecular formula is C10H16N2S. The van der Waals surface area contributed by atoms with Crippen LogP contribution in [0.4, 0.5) is 0 Å². The molecule has 1 fully saturated rings. The van der Waals surface area contributed by atoms with Gasteiger partial charge in [0.15, 0.2) is 0 Å². The molecule has 1 saturated heterocycles. The quantitative estimate of drug-likeness (QED) is 0.799. The lowest BCUT2D eigenvalue weighted by Crippen LogP contribution is -2.30. The van der Waals surface area contributed by atoms with Crippen LogP contribution in [0.5, 0.6) is 0 Å². The molecule has 3 heteroatoms. The van der Waals surface area contributed by atoms with Crippen molar-refractivity contribution < 1.29 is 0 Å². The number of rotatable bonds is 3. The molecule has 0 amide bonds. The molecule has 1 aromatic heterocycles. The number of nitrogens with zero attached hydrogens (tertiary/aromatic N) is 1. The molecule has 0 unspecified atom stereocenters. The summed E-state index contributed by atoms with van der Waals surface area (Å²) in [6.45, 7) is 3.19. The van der Waals surface area contributed by atoms with E-state index in [1.807, 2.05) is 0 Å². The molecule has 0 radical (unpaired) electrons. The van der Waals surface area contributed by atoms with Crippen molar-refractivity contribution in [2.45, 2.75) is 18.9 Å². The molecule has 0 aromatic carbocycles. The number of likely N-dealkylation sites (tertiary alicyclic amines) is 1. The van der Waals surface area contributed by atoms with Crippen LogP contribution in [0, 0.1) is 0 Å². The third-order valence-corrected chi connectivity index (χ3v) is 3.43. The van der Waals surface area contributed by atoms with Crippen LogP contribution in [0.3, 0.4) is 0 Å². The van der Waals surface area contributed by atoms with E-state index >= 15 is 0 Å². The lowest BCUT2D eigenvalue weighted by atomic mass is 10.1. The zero-order chi connectivity index (χ0) is 9.10. The Morgan fingerprint density at radius 1 is 1.46 bits per heavy atom. The second kappa shape index (κ2) is 4.22. The first-order chi connectivity index (χ1) is 6.42. The van der Waals surface area contributed by atoms with Crippen molar-refractivity contribution in [3.05, 3.63) is 22.4 Å². The molecule has 0 aliphatic carbocycles. The summed E-state index contributed by atoms with van der Waals surface area (Å²) in [4.78, 5) is 2.50. The first-order valence-electron chi connectivity index (χ1n) is 4.88. The van der Waals surface area contributed by atoms with Gasteiger partial charge in [0.2, 0.25) is 0 Å². The Morgan fingerprint density at radius 3 is 2.77 bits per heavy atom. The standard InChI is InChI=1S/C10H16N2S/c11-7-10(9-3-6-13-8-9)12-4-1-2-5-12/h3,6,8,10H,1-2,4-5,7,11H2/t10-/m1/s1. The highest BCUT2D eigenvalue weighted by molar-refractivity contribution is 7.07. The molecule has 1 aliphatic heterocycles. The van der Waals surface area contributed by atoms with Crippen molar-refractivity contribution >= 4 is 11.3 Å². The van der Waals surface area contributed by atoms with Crippen molar-refractivity contribution in [3.8, 4) is 0 Å². The van der Waals surface area contributed by atoms with Crippen LogP contribution in [0.1, 0.15) is 24.4 Å². The number of nitrogens with two attached hydrogens (primary N) is 1. The topological polar surface area (TPSA) is 29.3 Å². The van der Waals surface area contributed by atoms with Gasteiger partial charge in [0.1, 0.15) is 0 Å². The number of thiophene rings is 1. The van der Waals surface area contributed by atoms with E-state index in [1.54, 1.807) is 11.3 Å². The molecule has 1 aliphatic rings. The van der Waals surface area contributed by atoms with E-state index in [9.17, 15) is 0 Å². The Morgan fingerprint density at radius 2 is 2.23 bits per heavy atom. The summed E-state index contributed by atoms with van der Waals surface area (Å²) in [5.41, 5.74) is 7.20. The zero-order valence-electron chi connectivity index (χ0n) is 7.78. The lowest BCUT2D eigenvalue weighted by Gasteiger charge is -2.25. The van der Waals surface area contributed by atoms with Crippen molar-refractivity contribution in [2.24, 2.45) is 5.73 Å². The predicted molar refractivity (Wildman–Crippen MR) is 56.9 cm³/mol. The molecule has 1 aromatic rings. The Bertz CT molecular complexity index is 239. The summed E-state index contributed by atoms with van der Waals surface area (Å²) in [6, 6.07) is 2.66. The molecule has 0 bridgehead atoms. The summed E-state index contributed by atoms with van der Waals surface area (Å²) in [5.74, 6) is 0. The normalized spacial score (nSPS) is 20.7. The maximum absolute atomic E-state index is 5.81. The van der Waals surface area contributed by atoms with Gasteiger partial charge in [0.25, 0.3) is 0 Å². The van der Waals surface area contributed by atoms with Gasteiger partial charge in [-0.3, -0.25) is 4.90 Å². The number of hydrogen-bond acceptors (Lipinski definition) is 3. The Hall–Kier alpha value is -0.380. The molecule has 13 heavy (non-hydrogen) atoms. The van der Waals surface area contributed by atoms with Gasteiger partial charge in [0, 0.05) is 12.6 Å². The minimum absolute atomic E-state index is 0.466. The van der Waals surface area contributed by atoms with E-state index < -0.39 is 0 Å². The van der Waals surface area contributed by atoms with Crippen LogP contribution in [0.2, 0.25) is 0 Å². The Labute approximate surface area is 83.4 Å². The van der Waals surface area contributed by atoms with E-state index in [2.05, 4.69) is 21.7 Å². The fourth-order valence-corrected chi connectivity index (χ4v) is 2.72. The van der Waals surface area contributed by atoms with E-state index in [1.165, 1.54) is 31.5 Å². The van der Waals surface area contributed by atoms with Crippen LogP contribution in [-0.2, 0) is 0 Å². The Kier molecular flexibility index (Phi) is 2.98. The van der Waals surface area contributed by atoms with Crippen molar-refractivity contribution in [3.63, 3.8) is 0 Å². The fraction of sp³-hybridized carbons (Fsp3) is 0.600. The first-order valence-corrected chi connectivity index (χ1v) is 5.82. The van der Waals surface area contributed by atoms with Gasteiger partial charge in [-0.15, -0.1) is 0 Å². The molecule has 0 spiro atoms. The summed E-state index contributed by atoms with van der Waals surface area (Å²) in [6.07, 6.45) is 2.67. The van der Waals surface area contributed by atoms with Gasteiger partial charge in [-0.25, -0.2) is 0 Å². The second-order valence-corrected chi connectivity index (χ2v) is 4.33. The first kappa shape index (κ1) is 9.19. The third-order valence-electron chi connectivity index (χ3n) is 2.73. The molecular weight excluding hydrogens is 180 g/mol. The van der Waals surface area contributed by atoms with Gasteiger partial charge in [-0.1, -0.05) is 0 Å². The SMILES string of the molecule is NC[C@H](c1ccsc1)N1CCCC1. The van der Waals surface area contributed by atoms with Gasteiger partial charge in [-0.2, -0.15) is 11.3 Å². The van der Waals surface area contributed by atoms with Gasteiger partial charge < -0.3 is 5.73 Å². The van der Waals surface area contributed by atoms with Gasteiger partial charge >= 0.3 is 0 Å². The minimum atomic E-state index is 0.466. The fourth-order valence-electron chi connectivity index (χ4n) is 2.01. The summed E-state index contributed by atoms with van der Waals surface area (Å²) < 4.78 is 0. The van der Waals surface area contributed by atoms with E-state index in [4.69, 9.17) is 5.73 Å².